The van der Waals surface area contributed by atoms with E-state index >= 15 is 0 Å². The van der Waals surface area contributed by atoms with Gasteiger partial charge < -0.3 is 14.2 Å². The largest absolute Gasteiger partial charge is 0.493 e. The van der Waals surface area contributed by atoms with Gasteiger partial charge in [0.2, 0.25) is 6.20 Å². The lowest BCUT2D eigenvalue weighted by Gasteiger charge is -2.13. The van der Waals surface area contributed by atoms with Crippen LogP contribution in [0.1, 0.15) is 11.1 Å². The van der Waals surface area contributed by atoms with Crippen molar-refractivity contribution in [2.24, 2.45) is 0 Å². The molecule has 0 aliphatic carbocycles. The number of halogens is 2. The molecule has 0 heterocycles. The summed E-state index contributed by atoms with van der Waals surface area (Å²) in [6.45, 7) is 1.50. The third-order valence-corrected chi connectivity index (χ3v) is 4.36. The summed E-state index contributed by atoms with van der Waals surface area (Å²) >= 11 is 9.22. The van der Waals surface area contributed by atoms with Gasteiger partial charge in [0.05, 0.1) is 16.5 Å². The monoisotopic (exact) mass is 455 g/mol. The quantitative estimate of drug-likeness (QED) is 0.261. The highest BCUT2D eigenvalue weighted by molar-refractivity contribution is 9.10. The van der Waals surface area contributed by atoms with Crippen molar-refractivity contribution in [1.82, 2.24) is 0 Å². The predicted molar refractivity (Wildman–Crippen MR) is 104 cm³/mol. The fraction of sp³-hybridized carbons (Fsp3) is 0.167. The maximum Gasteiger partial charge on any atom is 0.349 e. The number of carbonyl (C=O) groups excluding carboxylic acids is 1. The van der Waals surface area contributed by atoms with Crippen molar-refractivity contribution in [1.29, 1.82) is 0 Å². The number of aryl methyl sites for hydroxylation is 1. The molecule has 0 bridgehead atoms. The Morgan fingerprint density at radius 3 is 2.70 bits per heavy atom. The maximum absolute atomic E-state index is 12.1. The Morgan fingerprint density at radius 1 is 1.33 bits per heavy atom. The van der Waals surface area contributed by atoms with Gasteiger partial charge in [-0.1, -0.05) is 11.6 Å². The highest BCUT2D eigenvalue weighted by Gasteiger charge is 2.16. The summed E-state index contributed by atoms with van der Waals surface area (Å²) in [5.74, 6) is 0.232. The first-order valence-electron chi connectivity index (χ1n) is 7.59. The third kappa shape index (κ3) is 5.97. The van der Waals surface area contributed by atoms with Gasteiger partial charge in [0.25, 0.3) is 0 Å². The Kier molecular flexibility index (Phi) is 7.20. The number of carbonyl (C=O) groups is 1. The van der Waals surface area contributed by atoms with Crippen LogP contribution in [0.15, 0.2) is 41.0 Å². The molecule has 0 aliphatic rings. The number of benzene rings is 2. The van der Waals surface area contributed by atoms with Crippen LogP contribution in [0.25, 0.3) is 6.08 Å². The summed E-state index contributed by atoms with van der Waals surface area (Å²) in [4.78, 5) is 22.0. The van der Waals surface area contributed by atoms with E-state index in [1.807, 2.05) is 6.92 Å². The molecule has 0 unspecified atom stereocenters. The van der Waals surface area contributed by atoms with Gasteiger partial charge in [0.15, 0.2) is 18.1 Å². The summed E-state index contributed by atoms with van der Waals surface area (Å²) in [6.07, 6.45) is 2.10. The number of rotatable bonds is 7. The maximum atomic E-state index is 12.1. The Labute approximate surface area is 168 Å². The SMILES string of the molecule is COc1cc(/C=C/[N+](=O)[O-])cc(Br)c1OC(=O)COc1ccc(Cl)c(C)c1. The minimum Gasteiger partial charge on any atom is -0.493 e. The highest BCUT2D eigenvalue weighted by Crippen LogP contribution is 2.37. The van der Waals surface area contributed by atoms with E-state index in [0.29, 0.717) is 20.8 Å². The van der Waals surface area contributed by atoms with E-state index < -0.39 is 10.9 Å². The lowest BCUT2D eigenvalue weighted by Crippen LogP contribution is -2.18. The summed E-state index contributed by atoms with van der Waals surface area (Å²) < 4.78 is 16.3. The van der Waals surface area contributed by atoms with Crippen molar-refractivity contribution in [3.05, 3.63) is 67.3 Å². The second kappa shape index (κ2) is 9.38. The van der Waals surface area contributed by atoms with Crippen molar-refractivity contribution in [2.75, 3.05) is 13.7 Å². The number of hydrogen-bond donors (Lipinski definition) is 0. The summed E-state index contributed by atoms with van der Waals surface area (Å²) in [5.41, 5.74) is 1.33. The molecule has 9 heteroatoms. The van der Waals surface area contributed by atoms with E-state index in [9.17, 15) is 14.9 Å². The first kappa shape index (κ1) is 20.7. The van der Waals surface area contributed by atoms with Crippen LogP contribution in [-0.2, 0) is 4.79 Å². The van der Waals surface area contributed by atoms with Gasteiger partial charge in [-0.15, -0.1) is 0 Å². The first-order valence-corrected chi connectivity index (χ1v) is 8.76. The standard InChI is InChI=1S/C18H15BrClNO6/c1-11-7-13(3-4-15(11)20)26-10-17(22)27-18-14(19)8-12(5-6-21(23)24)9-16(18)25-2/h3-9H,10H2,1-2H3/b6-5+. The summed E-state index contributed by atoms with van der Waals surface area (Å²) in [7, 11) is 1.40. The molecule has 2 aromatic carbocycles. The van der Waals surface area contributed by atoms with Crippen LogP contribution < -0.4 is 14.2 Å². The van der Waals surface area contributed by atoms with Gasteiger partial charge in [-0.3, -0.25) is 10.1 Å². The fourth-order valence-electron chi connectivity index (χ4n) is 2.07. The molecule has 142 valence electrons. The number of nitrogens with zero attached hydrogens (tertiary/aromatic N) is 1. The van der Waals surface area contributed by atoms with Gasteiger partial charge in [-0.25, -0.2) is 4.79 Å². The van der Waals surface area contributed by atoms with Crippen LogP contribution in [0, 0.1) is 17.0 Å². The van der Waals surface area contributed by atoms with Gasteiger partial charge in [-0.05, 0) is 64.3 Å². The van der Waals surface area contributed by atoms with Crippen molar-refractivity contribution >= 4 is 39.6 Å². The third-order valence-electron chi connectivity index (χ3n) is 3.34. The molecule has 0 fully saturated rings. The Morgan fingerprint density at radius 2 is 2.07 bits per heavy atom. The van der Waals surface area contributed by atoms with Crippen LogP contribution in [0.4, 0.5) is 0 Å². The van der Waals surface area contributed by atoms with Crippen LogP contribution in [0.2, 0.25) is 5.02 Å². The van der Waals surface area contributed by atoms with E-state index in [2.05, 4.69) is 15.9 Å². The van der Waals surface area contributed by atoms with E-state index in [4.69, 9.17) is 25.8 Å². The molecular formula is C18H15BrClNO6. The van der Waals surface area contributed by atoms with Crippen molar-refractivity contribution < 1.29 is 23.9 Å². The molecule has 27 heavy (non-hydrogen) atoms. The topological polar surface area (TPSA) is 87.9 Å². The van der Waals surface area contributed by atoms with E-state index in [-0.39, 0.29) is 18.1 Å². The molecule has 0 aromatic heterocycles. The molecule has 0 saturated carbocycles. The smallest absolute Gasteiger partial charge is 0.349 e. The molecule has 0 aliphatic heterocycles. The normalized spacial score (nSPS) is 10.7. The zero-order valence-electron chi connectivity index (χ0n) is 14.4. The molecule has 0 amide bonds. The first-order chi connectivity index (χ1) is 12.8. The average molecular weight is 457 g/mol. The molecule has 2 aromatic rings. The van der Waals surface area contributed by atoms with E-state index in [1.165, 1.54) is 19.3 Å². The molecule has 2 rings (SSSR count). The van der Waals surface area contributed by atoms with Crippen molar-refractivity contribution in [3.63, 3.8) is 0 Å². The van der Waals surface area contributed by atoms with Crippen LogP contribution >= 0.6 is 27.5 Å². The second-order valence-electron chi connectivity index (χ2n) is 5.31. The minimum atomic E-state index is -0.643. The lowest BCUT2D eigenvalue weighted by atomic mass is 10.2. The molecular weight excluding hydrogens is 442 g/mol. The van der Waals surface area contributed by atoms with E-state index in [1.54, 1.807) is 24.3 Å². The summed E-state index contributed by atoms with van der Waals surface area (Å²) in [6, 6.07) is 8.11. The van der Waals surface area contributed by atoms with Crippen LogP contribution in [0.3, 0.4) is 0 Å². The van der Waals surface area contributed by atoms with Gasteiger partial charge in [0, 0.05) is 11.1 Å². The van der Waals surface area contributed by atoms with Crippen molar-refractivity contribution in [3.8, 4) is 17.2 Å². The van der Waals surface area contributed by atoms with Gasteiger partial charge in [-0.2, -0.15) is 0 Å². The molecule has 0 saturated heterocycles. The number of ether oxygens (including phenoxy) is 3. The van der Waals surface area contributed by atoms with Crippen molar-refractivity contribution in [2.45, 2.75) is 6.92 Å². The second-order valence-corrected chi connectivity index (χ2v) is 6.57. The zero-order valence-corrected chi connectivity index (χ0v) is 16.7. The summed E-state index contributed by atoms with van der Waals surface area (Å²) in [5, 5.41) is 11.0. The van der Waals surface area contributed by atoms with Crippen LogP contribution in [0.5, 0.6) is 17.2 Å². The Hall–Kier alpha value is -2.58. The van der Waals surface area contributed by atoms with Crippen LogP contribution in [-0.4, -0.2) is 24.6 Å². The van der Waals surface area contributed by atoms with E-state index in [0.717, 1.165) is 11.8 Å². The van der Waals surface area contributed by atoms with Gasteiger partial charge >= 0.3 is 5.97 Å². The number of hydrogen-bond acceptors (Lipinski definition) is 6. The average Bonchev–Trinajstić information content (AvgIpc) is 2.62. The number of nitro groups is 1. The molecule has 0 N–H and O–H groups in total. The highest BCUT2D eigenvalue weighted by atomic mass is 79.9. The molecule has 0 spiro atoms. The Bertz CT molecular complexity index is 900. The fourth-order valence-corrected chi connectivity index (χ4v) is 2.73. The minimum absolute atomic E-state index is 0.150. The predicted octanol–water partition coefficient (Wildman–Crippen LogP) is 4.65. The van der Waals surface area contributed by atoms with Gasteiger partial charge in [0.1, 0.15) is 5.75 Å². The molecule has 0 radical (unpaired) electrons. The zero-order chi connectivity index (χ0) is 20.0. The molecule has 7 nitrogen and oxygen atoms in total. The number of esters is 1. The Balaban J connectivity index is 2.09. The number of methoxy groups -OCH3 is 1. The lowest BCUT2D eigenvalue weighted by molar-refractivity contribution is -0.400. The molecule has 0 atom stereocenters.